The number of nitrogens with zero attached hydrogens (tertiary/aromatic N) is 4. The van der Waals surface area contributed by atoms with Crippen molar-refractivity contribution >= 4 is 40.3 Å². The van der Waals surface area contributed by atoms with Crippen LogP contribution in [0.5, 0.6) is 0 Å². The van der Waals surface area contributed by atoms with Crippen LogP contribution < -0.4 is 5.32 Å². The summed E-state index contributed by atoms with van der Waals surface area (Å²) in [7, 11) is 0. The predicted molar refractivity (Wildman–Crippen MR) is 133 cm³/mol. The van der Waals surface area contributed by atoms with E-state index in [1.165, 1.54) is 0 Å². The van der Waals surface area contributed by atoms with Crippen LogP contribution >= 0.6 is 11.6 Å². The number of hydrogen-bond acceptors (Lipinski definition) is 5. The first-order chi connectivity index (χ1) is 16.4. The van der Waals surface area contributed by atoms with Crippen LogP contribution in [0.2, 0.25) is 5.02 Å². The Hall–Kier alpha value is -3.10. The number of anilines is 1. The molecule has 1 fully saturated rings. The number of amides is 2. The fourth-order valence-electron chi connectivity index (χ4n) is 4.22. The van der Waals surface area contributed by atoms with Gasteiger partial charge < -0.3 is 19.5 Å². The number of nitrogens with one attached hydrogen (secondary N) is 1. The average Bonchev–Trinajstić information content (AvgIpc) is 3.17. The number of piperazine rings is 1. The zero-order valence-corrected chi connectivity index (χ0v) is 20.5. The summed E-state index contributed by atoms with van der Waals surface area (Å²) in [4.78, 5) is 33.5. The Morgan fingerprint density at radius 2 is 1.79 bits per heavy atom. The van der Waals surface area contributed by atoms with Gasteiger partial charge >= 0.3 is 6.09 Å². The second-order valence-electron chi connectivity index (χ2n) is 8.62. The van der Waals surface area contributed by atoms with Crippen molar-refractivity contribution in [3.05, 3.63) is 58.9 Å². The molecule has 1 aliphatic heterocycles. The second-order valence-corrected chi connectivity index (χ2v) is 9.05. The largest absolute Gasteiger partial charge is 0.450 e. The molecule has 0 saturated carbocycles. The van der Waals surface area contributed by atoms with Gasteiger partial charge in [0, 0.05) is 48.5 Å². The van der Waals surface area contributed by atoms with Crippen molar-refractivity contribution < 1.29 is 14.3 Å². The molecule has 0 aliphatic carbocycles. The zero-order valence-electron chi connectivity index (χ0n) is 19.8. The van der Waals surface area contributed by atoms with Crippen molar-refractivity contribution in [2.24, 2.45) is 0 Å². The first-order valence-corrected chi connectivity index (χ1v) is 12.0. The van der Waals surface area contributed by atoms with Crippen molar-refractivity contribution in [3.8, 4) is 0 Å². The molecule has 2 heterocycles. The van der Waals surface area contributed by atoms with E-state index < -0.39 is 0 Å². The van der Waals surface area contributed by atoms with Gasteiger partial charge in [-0.1, -0.05) is 11.6 Å². The van der Waals surface area contributed by atoms with Crippen molar-refractivity contribution in [1.82, 2.24) is 19.4 Å². The van der Waals surface area contributed by atoms with Gasteiger partial charge in [-0.05, 0) is 63.2 Å². The SMILES string of the molecule is CCOC(=O)N1CCN(Cc2nc3cc(NC(=O)c4ccc(Cl)cc4)ccc3n2C(C)C)CC1. The first kappa shape index (κ1) is 24.0. The van der Waals surface area contributed by atoms with Gasteiger partial charge in [0.1, 0.15) is 5.82 Å². The lowest BCUT2D eigenvalue weighted by atomic mass is 10.2. The number of aromatic nitrogens is 2. The first-order valence-electron chi connectivity index (χ1n) is 11.6. The van der Waals surface area contributed by atoms with Gasteiger partial charge in [0.2, 0.25) is 0 Å². The monoisotopic (exact) mass is 483 g/mol. The molecule has 9 heteroatoms. The fraction of sp³-hybridized carbons (Fsp3) is 0.400. The van der Waals surface area contributed by atoms with E-state index in [1.54, 1.807) is 29.2 Å². The van der Waals surface area contributed by atoms with Crippen LogP contribution in [0.1, 0.15) is 43.0 Å². The molecule has 0 spiro atoms. The molecule has 1 saturated heterocycles. The average molecular weight is 484 g/mol. The fourth-order valence-corrected chi connectivity index (χ4v) is 4.35. The van der Waals surface area contributed by atoms with Gasteiger partial charge in [0.15, 0.2) is 0 Å². The standard InChI is InChI=1S/C25H30ClN5O3/c1-4-34-25(33)30-13-11-29(12-14-30)16-23-28-21-15-20(9-10-22(21)31(23)17(2)3)27-24(32)18-5-7-19(26)8-6-18/h5-10,15,17H,4,11-14,16H2,1-3H3,(H,27,32). The summed E-state index contributed by atoms with van der Waals surface area (Å²) in [5.41, 5.74) is 3.10. The highest BCUT2D eigenvalue weighted by molar-refractivity contribution is 6.30. The summed E-state index contributed by atoms with van der Waals surface area (Å²) < 4.78 is 7.35. The van der Waals surface area contributed by atoms with Crippen LogP contribution in [0.15, 0.2) is 42.5 Å². The van der Waals surface area contributed by atoms with E-state index in [0.717, 1.165) is 29.9 Å². The molecule has 0 radical (unpaired) electrons. The van der Waals surface area contributed by atoms with E-state index in [-0.39, 0.29) is 18.0 Å². The van der Waals surface area contributed by atoms with Crippen molar-refractivity contribution in [3.63, 3.8) is 0 Å². The third-order valence-corrected chi connectivity index (χ3v) is 6.16. The summed E-state index contributed by atoms with van der Waals surface area (Å²) in [6.45, 7) is 9.99. The molecule has 34 heavy (non-hydrogen) atoms. The molecule has 180 valence electrons. The van der Waals surface area contributed by atoms with Gasteiger partial charge in [-0.15, -0.1) is 0 Å². The lowest BCUT2D eigenvalue weighted by Gasteiger charge is -2.34. The number of rotatable bonds is 6. The number of imidazole rings is 1. The summed E-state index contributed by atoms with van der Waals surface area (Å²) >= 11 is 5.92. The van der Waals surface area contributed by atoms with Crippen LogP contribution in [0, 0.1) is 0 Å². The maximum atomic E-state index is 12.6. The summed E-state index contributed by atoms with van der Waals surface area (Å²) in [6, 6.07) is 12.8. The van der Waals surface area contributed by atoms with E-state index in [0.29, 0.717) is 42.5 Å². The van der Waals surface area contributed by atoms with E-state index in [9.17, 15) is 9.59 Å². The second kappa shape index (κ2) is 10.4. The molecule has 0 unspecified atom stereocenters. The minimum absolute atomic E-state index is 0.195. The van der Waals surface area contributed by atoms with Gasteiger partial charge in [0.05, 0.1) is 24.2 Å². The van der Waals surface area contributed by atoms with Gasteiger partial charge in [-0.25, -0.2) is 9.78 Å². The minimum Gasteiger partial charge on any atom is -0.450 e. The number of ether oxygens (including phenoxy) is 1. The highest BCUT2D eigenvalue weighted by atomic mass is 35.5. The molecule has 1 N–H and O–H groups in total. The molecule has 0 atom stereocenters. The highest BCUT2D eigenvalue weighted by Gasteiger charge is 2.24. The van der Waals surface area contributed by atoms with Crippen LogP contribution in [-0.4, -0.2) is 64.1 Å². The lowest BCUT2D eigenvalue weighted by molar-refractivity contribution is 0.0768. The van der Waals surface area contributed by atoms with E-state index in [4.69, 9.17) is 21.3 Å². The number of hydrogen-bond donors (Lipinski definition) is 1. The molecular formula is C25H30ClN5O3. The van der Waals surface area contributed by atoms with Crippen LogP contribution in [0.3, 0.4) is 0 Å². The molecule has 1 aliphatic rings. The molecule has 0 bridgehead atoms. The number of fused-ring (bicyclic) bond motifs is 1. The Morgan fingerprint density at radius 3 is 2.44 bits per heavy atom. The van der Waals surface area contributed by atoms with Crippen molar-refractivity contribution in [2.45, 2.75) is 33.4 Å². The Kier molecular flexibility index (Phi) is 7.38. The maximum absolute atomic E-state index is 12.6. The Labute approximate surface area is 204 Å². The van der Waals surface area contributed by atoms with Gasteiger partial charge in [-0.3, -0.25) is 9.69 Å². The number of carbonyl (C=O) groups excluding carboxylic acids is 2. The molecular weight excluding hydrogens is 454 g/mol. The third kappa shape index (κ3) is 5.34. The van der Waals surface area contributed by atoms with Crippen molar-refractivity contribution in [2.75, 3.05) is 38.1 Å². The maximum Gasteiger partial charge on any atom is 0.409 e. The van der Waals surface area contributed by atoms with Gasteiger partial charge in [0.25, 0.3) is 5.91 Å². The smallest absolute Gasteiger partial charge is 0.409 e. The highest BCUT2D eigenvalue weighted by Crippen LogP contribution is 2.25. The lowest BCUT2D eigenvalue weighted by Crippen LogP contribution is -2.48. The normalized spacial score (nSPS) is 14.6. The Bertz CT molecular complexity index is 1170. The summed E-state index contributed by atoms with van der Waals surface area (Å²) in [5, 5.41) is 3.53. The van der Waals surface area contributed by atoms with Crippen LogP contribution in [0.4, 0.5) is 10.5 Å². The molecule has 2 aromatic carbocycles. The third-order valence-electron chi connectivity index (χ3n) is 5.91. The summed E-state index contributed by atoms with van der Waals surface area (Å²) in [5.74, 6) is 0.773. The predicted octanol–water partition coefficient (Wildman–Crippen LogP) is 4.80. The minimum atomic E-state index is -0.246. The van der Waals surface area contributed by atoms with Gasteiger partial charge in [-0.2, -0.15) is 0 Å². The molecule has 3 aromatic rings. The van der Waals surface area contributed by atoms with E-state index >= 15 is 0 Å². The van der Waals surface area contributed by atoms with Crippen LogP contribution in [-0.2, 0) is 11.3 Å². The zero-order chi connectivity index (χ0) is 24.2. The molecule has 1 aromatic heterocycles. The number of benzene rings is 2. The number of carbonyl (C=O) groups is 2. The molecule has 2 amide bonds. The van der Waals surface area contributed by atoms with E-state index in [2.05, 4.69) is 28.6 Å². The summed E-state index contributed by atoms with van der Waals surface area (Å²) in [6.07, 6.45) is -0.246. The Morgan fingerprint density at radius 1 is 1.09 bits per heavy atom. The quantitative estimate of drug-likeness (QED) is 0.545. The number of halogens is 1. The van der Waals surface area contributed by atoms with Crippen LogP contribution in [0.25, 0.3) is 11.0 Å². The topological polar surface area (TPSA) is 79.7 Å². The molecule has 8 nitrogen and oxygen atoms in total. The Balaban J connectivity index is 1.49. The van der Waals surface area contributed by atoms with E-state index in [1.807, 2.05) is 25.1 Å². The molecule has 4 rings (SSSR count). The van der Waals surface area contributed by atoms with Crippen molar-refractivity contribution in [1.29, 1.82) is 0 Å².